The lowest BCUT2D eigenvalue weighted by atomic mass is 10.1. The Balaban J connectivity index is 2.27. The molecule has 1 heterocycles. The topological polar surface area (TPSA) is 43.8 Å². The monoisotopic (exact) mass is 229 g/mol. The summed E-state index contributed by atoms with van der Waals surface area (Å²) in [5.74, 6) is 0.765. The van der Waals surface area contributed by atoms with Crippen LogP contribution in [-0.2, 0) is 12.0 Å². The Bertz CT molecular complexity index is 492. The van der Waals surface area contributed by atoms with Crippen molar-refractivity contribution in [1.82, 2.24) is 9.55 Å². The molecular weight excluding hydrogens is 210 g/mol. The van der Waals surface area contributed by atoms with E-state index in [1.165, 1.54) is 5.56 Å². The van der Waals surface area contributed by atoms with Gasteiger partial charge in [0.25, 0.3) is 0 Å². The van der Waals surface area contributed by atoms with Gasteiger partial charge in [-0.15, -0.1) is 0 Å². The molecule has 0 unspecified atom stereocenters. The summed E-state index contributed by atoms with van der Waals surface area (Å²) in [5, 5.41) is 0. The van der Waals surface area contributed by atoms with Crippen LogP contribution in [0.5, 0.6) is 0 Å². The molecule has 17 heavy (non-hydrogen) atoms. The summed E-state index contributed by atoms with van der Waals surface area (Å²) in [6.45, 7) is 6.37. The smallest absolute Gasteiger partial charge is 0.127 e. The molecule has 2 aromatic rings. The molecule has 0 aliphatic heterocycles. The lowest BCUT2D eigenvalue weighted by molar-refractivity contribution is 0.402. The van der Waals surface area contributed by atoms with Crippen molar-refractivity contribution in [3.63, 3.8) is 0 Å². The van der Waals surface area contributed by atoms with Gasteiger partial charge in [0, 0.05) is 12.0 Å². The molecule has 0 fully saturated rings. The predicted octanol–water partition coefficient (Wildman–Crippen LogP) is 2.81. The average Bonchev–Trinajstić information content (AvgIpc) is 2.61. The van der Waals surface area contributed by atoms with Gasteiger partial charge in [0.05, 0.1) is 12.0 Å². The van der Waals surface area contributed by atoms with Crippen LogP contribution < -0.4 is 5.73 Å². The highest BCUT2D eigenvalue weighted by atomic mass is 15.2. The molecule has 0 aliphatic carbocycles. The van der Waals surface area contributed by atoms with E-state index in [1.54, 1.807) is 0 Å². The van der Waals surface area contributed by atoms with Gasteiger partial charge in [0.2, 0.25) is 0 Å². The molecular formula is C14H19N3. The summed E-state index contributed by atoms with van der Waals surface area (Å²) in [7, 11) is 0. The van der Waals surface area contributed by atoms with Gasteiger partial charge < -0.3 is 10.3 Å². The number of imidazole rings is 1. The van der Waals surface area contributed by atoms with Gasteiger partial charge in [-0.2, -0.15) is 0 Å². The van der Waals surface area contributed by atoms with Crippen molar-refractivity contribution < 1.29 is 0 Å². The first kappa shape index (κ1) is 11.7. The van der Waals surface area contributed by atoms with Crippen LogP contribution >= 0.6 is 0 Å². The van der Waals surface area contributed by atoms with Crippen molar-refractivity contribution in [3.8, 4) is 0 Å². The van der Waals surface area contributed by atoms with E-state index in [4.69, 9.17) is 5.73 Å². The first-order chi connectivity index (χ1) is 7.98. The Kier molecular flexibility index (Phi) is 2.92. The first-order valence-electron chi connectivity index (χ1n) is 5.84. The SMILES string of the molecule is CC(C)(C)n1cnc(Cc2ccccc2)c1N. The summed E-state index contributed by atoms with van der Waals surface area (Å²) in [5.41, 5.74) is 8.30. The number of hydrogen-bond acceptors (Lipinski definition) is 2. The third kappa shape index (κ3) is 2.49. The zero-order valence-electron chi connectivity index (χ0n) is 10.6. The maximum absolute atomic E-state index is 6.14. The number of aromatic nitrogens is 2. The standard InChI is InChI=1S/C14H19N3/c1-14(2,3)17-10-16-12(13(17)15)9-11-7-5-4-6-8-11/h4-8,10H,9,15H2,1-3H3. The molecule has 3 nitrogen and oxygen atoms in total. The van der Waals surface area contributed by atoms with Gasteiger partial charge in [-0.25, -0.2) is 4.98 Å². The van der Waals surface area contributed by atoms with Gasteiger partial charge in [-0.1, -0.05) is 30.3 Å². The molecule has 0 bridgehead atoms. The Morgan fingerprint density at radius 1 is 1.18 bits per heavy atom. The summed E-state index contributed by atoms with van der Waals surface area (Å²) in [6, 6.07) is 10.3. The molecule has 0 atom stereocenters. The normalized spacial score (nSPS) is 11.7. The summed E-state index contributed by atoms with van der Waals surface area (Å²) in [6.07, 6.45) is 2.61. The highest BCUT2D eigenvalue weighted by Gasteiger charge is 2.18. The number of benzene rings is 1. The lowest BCUT2D eigenvalue weighted by Crippen LogP contribution is -2.22. The molecule has 1 aromatic heterocycles. The van der Waals surface area contributed by atoms with Crippen molar-refractivity contribution in [2.24, 2.45) is 0 Å². The number of nitrogens with two attached hydrogens (primary N) is 1. The minimum Gasteiger partial charge on any atom is -0.384 e. The fourth-order valence-electron chi connectivity index (χ4n) is 1.85. The lowest BCUT2D eigenvalue weighted by Gasteiger charge is -2.22. The number of hydrogen-bond donors (Lipinski definition) is 1. The van der Waals surface area contributed by atoms with Gasteiger partial charge in [-0.05, 0) is 26.3 Å². The third-order valence-electron chi connectivity index (χ3n) is 2.82. The minimum absolute atomic E-state index is 0.0218. The highest BCUT2D eigenvalue weighted by Crippen LogP contribution is 2.22. The predicted molar refractivity (Wildman–Crippen MR) is 70.9 cm³/mol. The highest BCUT2D eigenvalue weighted by molar-refractivity contribution is 5.40. The Labute approximate surface area is 102 Å². The Morgan fingerprint density at radius 2 is 1.82 bits per heavy atom. The average molecular weight is 229 g/mol. The van der Waals surface area contributed by atoms with Crippen LogP contribution in [0, 0.1) is 0 Å². The molecule has 1 aromatic carbocycles. The molecule has 3 heteroatoms. The van der Waals surface area contributed by atoms with Gasteiger partial charge in [0.15, 0.2) is 0 Å². The van der Waals surface area contributed by atoms with Crippen molar-refractivity contribution >= 4 is 5.82 Å². The quantitative estimate of drug-likeness (QED) is 0.860. The minimum atomic E-state index is -0.0218. The molecule has 0 amide bonds. The van der Waals surface area contributed by atoms with Crippen LogP contribution in [0.1, 0.15) is 32.0 Å². The van der Waals surface area contributed by atoms with E-state index >= 15 is 0 Å². The van der Waals surface area contributed by atoms with E-state index < -0.39 is 0 Å². The maximum Gasteiger partial charge on any atom is 0.127 e. The van der Waals surface area contributed by atoms with Gasteiger partial charge in [-0.3, -0.25) is 0 Å². The fraction of sp³-hybridized carbons (Fsp3) is 0.357. The Morgan fingerprint density at radius 3 is 2.35 bits per heavy atom. The van der Waals surface area contributed by atoms with Crippen molar-refractivity contribution in [3.05, 3.63) is 47.9 Å². The van der Waals surface area contributed by atoms with E-state index in [9.17, 15) is 0 Å². The van der Waals surface area contributed by atoms with Gasteiger partial charge in [0.1, 0.15) is 5.82 Å². The molecule has 0 aliphatic rings. The van der Waals surface area contributed by atoms with Gasteiger partial charge >= 0.3 is 0 Å². The largest absolute Gasteiger partial charge is 0.384 e. The molecule has 2 rings (SSSR count). The van der Waals surface area contributed by atoms with E-state index in [1.807, 2.05) is 29.1 Å². The summed E-state index contributed by atoms with van der Waals surface area (Å²) >= 11 is 0. The zero-order valence-corrected chi connectivity index (χ0v) is 10.6. The number of nitrogen functional groups attached to an aromatic ring is 1. The number of anilines is 1. The van der Waals surface area contributed by atoms with E-state index in [0.29, 0.717) is 0 Å². The van der Waals surface area contributed by atoms with Crippen LogP contribution in [0.15, 0.2) is 36.7 Å². The van der Waals surface area contributed by atoms with Crippen molar-refractivity contribution in [1.29, 1.82) is 0 Å². The first-order valence-corrected chi connectivity index (χ1v) is 5.84. The van der Waals surface area contributed by atoms with Crippen LogP contribution in [0.25, 0.3) is 0 Å². The van der Waals surface area contributed by atoms with Crippen molar-refractivity contribution in [2.75, 3.05) is 5.73 Å². The molecule has 90 valence electrons. The number of rotatable bonds is 2. The van der Waals surface area contributed by atoms with Crippen LogP contribution in [0.2, 0.25) is 0 Å². The second-order valence-corrected chi connectivity index (χ2v) is 5.28. The van der Waals surface area contributed by atoms with E-state index in [2.05, 4.69) is 37.9 Å². The van der Waals surface area contributed by atoms with Crippen LogP contribution in [-0.4, -0.2) is 9.55 Å². The number of nitrogens with zero attached hydrogens (tertiary/aromatic N) is 2. The second-order valence-electron chi connectivity index (χ2n) is 5.28. The molecule has 0 spiro atoms. The molecule has 2 N–H and O–H groups in total. The maximum atomic E-state index is 6.14. The van der Waals surface area contributed by atoms with Crippen LogP contribution in [0.3, 0.4) is 0 Å². The Hall–Kier alpha value is -1.77. The molecule has 0 saturated heterocycles. The van der Waals surface area contributed by atoms with Crippen LogP contribution in [0.4, 0.5) is 5.82 Å². The fourth-order valence-corrected chi connectivity index (χ4v) is 1.85. The third-order valence-corrected chi connectivity index (χ3v) is 2.82. The molecule has 0 radical (unpaired) electrons. The van der Waals surface area contributed by atoms with Crippen molar-refractivity contribution in [2.45, 2.75) is 32.7 Å². The van der Waals surface area contributed by atoms with E-state index in [-0.39, 0.29) is 5.54 Å². The van der Waals surface area contributed by atoms with E-state index in [0.717, 1.165) is 17.9 Å². The second kappa shape index (κ2) is 4.24. The summed E-state index contributed by atoms with van der Waals surface area (Å²) in [4.78, 5) is 4.42. The summed E-state index contributed by atoms with van der Waals surface area (Å²) < 4.78 is 2.02. The molecule has 0 saturated carbocycles. The zero-order chi connectivity index (χ0) is 12.5.